The minimum Gasteiger partial charge on any atom is -0.281 e. The van der Waals surface area contributed by atoms with Gasteiger partial charge in [-0.15, -0.1) is 0 Å². The molecule has 0 aromatic heterocycles. The van der Waals surface area contributed by atoms with E-state index in [4.69, 9.17) is 46.4 Å². The molecule has 0 aromatic rings. The van der Waals surface area contributed by atoms with Gasteiger partial charge in [0.15, 0.2) is 0 Å². The zero-order valence-corrected chi connectivity index (χ0v) is 14.1. The first-order valence-corrected chi connectivity index (χ1v) is 8.38. The largest absolute Gasteiger partial charge is 0.281 e. The fourth-order valence-electron chi connectivity index (χ4n) is 1.70. The van der Waals surface area contributed by atoms with Crippen LogP contribution in [0.2, 0.25) is 0 Å². The lowest BCUT2D eigenvalue weighted by atomic mass is 10.1. The van der Waals surface area contributed by atoms with Gasteiger partial charge < -0.3 is 0 Å². The third kappa shape index (κ3) is 3.99. The van der Waals surface area contributed by atoms with Crippen LogP contribution < -0.4 is 0 Å². The van der Waals surface area contributed by atoms with Crippen LogP contribution in [0, 0.1) is 0 Å². The molecular formula is C11H17Cl4NOS. The molecule has 1 aliphatic rings. The van der Waals surface area contributed by atoms with Gasteiger partial charge in [-0.25, -0.2) is 0 Å². The number of halogens is 4. The Morgan fingerprint density at radius 1 is 1.06 bits per heavy atom. The second-order valence-corrected chi connectivity index (χ2v) is 8.70. The predicted octanol–water partition coefficient (Wildman–Crippen LogP) is 5.14. The predicted molar refractivity (Wildman–Crippen MR) is 81.6 cm³/mol. The summed E-state index contributed by atoms with van der Waals surface area (Å²) in [6, 6.07) is 0. The molecule has 1 saturated heterocycles. The Morgan fingerprint density at radius 3 is 2.11 bits per heavy atom. The third-order valence-corrected chi connectivity index (χ3v) is 6.39. The maximum atomic E-state index is 11.9. The topological polar surface area (TPSA) is 20.3 Å². The molecule has 106 valence electrons. The minimum absolute atomic E-state index is 0.422. The lowest BCUT2D eigenvalue weighted by Gasteiger charge is -2.18. The van der Waals surface area contributed by atoms with E-state index in [0.29, 0.717) is 6.54 Å². The normalized spacial score (nSPS) is 21.6. The van der Waals surface area contributed by atoms with E-state index in [0.717, 1.165) is 24.8 Å². The molecule has 0 spiro atoms. The number of nitrogens with zero attached hydrogens (tertiary/aromatic N) is 1. The number of carbonyl (C=O) groups is 1. The molecular weight excluding hydrogens is 336 g/mol. The van der Waals surface area contributed by atoms with Gasteiger partial charge in [0.05, 0.1) is 0 Å². The Balaban J connectivity index is 2.31. The Labute approximate surface area is 133 Å². The van der Waals surface area contributed by atoms with Crippen LogP contribution in [0.5, 0.6) is 0 Å². The van der Waals surface area contributed by atoms with Gasteiger partial charge in [-0.3, -0.25) is 9.10 Å². The molecule has 0 radical (unpaired) electrons. The van der Waals surface area contributed by atoms with E-state index in [1.54, 1.807) is 0 Å². The molecule has 0 atom stereocenters. The highest BCUT2D eigenvalue weighted by molar-refractivity contribution is 8.02. The molecule has 1 amide bonds. The van der Waals surface area contributed by atoms with Crippen molar-refractivity contribution in [3.63, 3.8) is 0 Å². The maximum absolute atomic E-state index is 11.9. The highest BCUT2D eigenvalue weighted by Crippen LogP contribution is 2.58. The number of carbonyl (C=O) groups excluding carboxylic acids is 1. The number of rotatable bonds is 7. The van der Waals surface area contributed by atoms with Crippen molar-refractivity contribution < 1.29 is 4.79 Å². The number of alkyl halides is 4. The Morgan fingerprint density at radius 2 is 1.61 bits per heavy atom. The van der Waals surface area contributed by atoms with Crippen molar-refractivity contribution in [3.05, 3.63) is 0 Å². The van der Waals surface area contributed by atoms with Gasteiger partial charge in [0.1, 0.15) is 0 Å². The number of hydrogen-bond acceptors (Lipinski definition) is 2. The van der Waals surface area contributed by atoms with Crippen molar-refractivity contribution in [1.82, 2.24) is 4.31 Å². The molecule has 1 heterocycles. The van der Waals surface area contributed by atoms with Gasteiger partial charge >= 0.3 is 0 Å². The molecule has 0 aromatic carbocycles. The molecule has 18 heavy (non-hydrogen) atoms. The molecule has 2 nitrogen and oxygen atoms in total. The first-order valence-electron chi connectivity index (χ1n) is 6.09. The van der Waals surface area contributed by atoms with Gasteiger partial charge in [-0.05, 0) is 18.4 Å². The van der Waals surface area contributed by atoms with Gasteiger partial charge in [-0.2, -0.15) is 0 Å². The van der Waals surface area contributed by atoms with E-state index in [2.05, 4.69) is 6.92 Å². The van der Waals surface area contributed by atoms with Crippen LogP contribution in [0.15, 0.2) is 0 Å². The summed E-state index contributed by atoms with van der Waals surface area (Å²) in [7, 11) is 0. The highest BCUT2D eigenvalue weighted by Gasteiger charge is 2.62. The summed E-state index contributed by atoms with van der Waals surface area (Å²) in [4.78, 5) is 11.9. The van der Waals surface area contributed by atoms with Crippen molar-refractivity contribution in [3.8, 4) is 0 Å². The molecule has 0 bridgehead atoms. The van der Waals surface area contributed by atoms with Crippen molar-refractivity contribution in [2.24, 2.45) is 0 Å². The number of hydrogen-bond donors (Lipinski definition) is 0. The third-order valence-electron chi connectivity index (χ3n) is 2.80. The summed E-state index contributed by atoms with van der Waals surface area (Å²) in [5.41, 5.74) is 0. The Kier molecular flexibility index (Phi) is 6.74. The van der Waals surface area contributed by atoms with Crippen LogP contribution in [0.3, 0.4) is 0 Å². The second kappa shape index (κ2) is 7.12. The van der Waals surface area contributed by atoms with Gasteiger partial charge in [0.25, 0.3) is 5.91 Å². The van der Waals surface area contributed by atoms with Crippen LogP contribution in [0.1, 0.15) is 45.4 Å². The van der Waals surface area contributed by atoms with Crippen molar-refractivity contribution in [2.45, 2.75) is 53.4 Å². The second-order valence-electron chi connectivity index (χ2n) is 4.36. The monoisotopic (exact) mass is 351 g/mol. The van der Waals surface area contributed by atoms with E-state index < -0.39 is 13.9 Å². The van der Waals surface area contributed by atoms with E-state index in [-0.39, 0.29) is 0 Å². The zero-order chi connectivity index (χ0) is 13.8. The molecule has 0 aliphatic carbocycles. The first kappa shape index (κ1) is 17.0. The van der Waals surface area contributed by atoms with Crippen LogP contribution >= 0.6 is 58.4 Å². The maximum Gasteiger partial charge on any atom is 0.273 e. The smallest absolute Gasteiger partial charge is 0.273 e. The minimum atomic E-state index is -1.76. The molecule has 1 fully saturated rings. The summed E-state index contributed by atoms with van der Waals surface area (Å²) in [5.74, 6) is -0.422. The fraction of sp³-hybridized carbons (Fsp3) is 0.909. The molecule has 0 saturated carbocycles. The summed E-state index contributed by atoms with van der Waals surface area (Å²) in [6.45, 7) is 2.76. The van der Waals surface area contributed by atoms with Crippen LogP contribution in [0.25, 0.3) is 0 Å². The van der Waals surface area contributed by atoms with Crippen molar-refractivity contribution in [1.29, 1.82) is 0 Å². The summed E-state index contributed by atoms with van der Waals surface area (Å²) in [5, 5.41) is 0. The summed E-state index contributed by atoms with van der Waals surface area (Å²) in [6.07, 6.45) is 6.90. The van der Waals surface area contributed by atoms with E-state index >= 15 is 0 Å². The van der Waals surface area contributed by atoms with Crippen LogP contribution in [-0.2, 0) is 4.79 Å². The summed E-state index contributed by atoms with van der Waals surface area (Å²) >= 11 is 24.6. The van der Waals surface area contributed by atoms with Crippen LogP contribution in [0.4, 0.5) is 0 Å². The standard InChI is InChI=1S/C11H17Cl4NOS/c1-2-3-4-5-6-7-8-16-9(17)10(12,13)11(14,15)18-16/h2-8H2,1H3. The van der Waals surface area contributed by atoms with Crippen molar-refractivity contribution >= 4 is 64.3 Å². The van der Waals surface area contributed by atoms with E-state index in [9.17, 15) is 4.79 Å². The average Bonchev–Trinajstić information content (AvgIpc) is 2.44. The summed E-state index contributed by atoms with van der Waals surface area (Å²) < 4.78 is -1.79. The quantitative estimate of drug-likeness (QED) is 0.359. The van der Waals surface area contributed by atoms with Gasteiger partial charge in [0.2, 0.25) is 8.00 Å². The molecule has 0 N–H and O–H groups in total. The van der Waals surface area contributed by atoms with Gasteiger partial charge in [0, 0.05) is 6.54 Å². The zero-order valence-electron chi connectivity index (χ0n) is 10.2. The number of unbranched alkanes of at least 4 members (excludes halogenated alkanes) is 5. The van der Waals surface area contributed by atoms with E-state index in [1.807, 2.05) is 0 Å². The highest BCUT2D eigenvalue weighted by atomic mass is 35.5. The average molecular weight is 353 g/mol. The van der Waals surface area contributed by atoms with Crippen LogP contribution in [-0.4, -0.2) is 24.8 Å². The fourth-order valence-corrected chi connectivity index (χ4v) is 3.79. The molecule has 0 unspecified atom stereocenters. The Hall–Kier alpha value is 0.980. The lowest BCUT2D eigenvalue weighted by Crippen LogP contribution is -2.37. The molecule has 7 heteroatoms. The first-order chi connectivity index (χ1) is 8.33. The number of amides is 1. The Bertz CT molecular complexity index is 299. The molecule has 1 aliphatic heterocycles. The van der Waals surface area contributed by atoms with Gasteiger partial charge in [-0.1, -0.05) is 85.4 Å². The van der Waals surface area contributed by atoms with E-state index in [1.165, 1.54) is 30.0 Å². The lowest BCUT2D eigenvalue weighted by molar-refractivity contribution is -0.125. The SMILES string of the molecule is CCCCCCCCN1SC(Cl)(Cl)C(Cl)(Cl)C1=O. The molecule has 1 rings (SSSR count). The van der Waals surface area contributed by atoms with Crippen molar-refractivity contribution in [2.75, 3.05) is 6.54 Å².